The SMILES string of the molecule is C[C@@H]1C(=O)NCCN1C(=O)N[C@@H](c1ccc(C(F)F)nc1)c1ccc(F)c(Cl)c1F. The third-order valence-electron chi connectivity index (χ3n) is 4.77. The maximum atomic E-state index is 14.7. The van der Waals surface area contributed by atoms with Crippen molar-refractivity contribution in [3.05, 3.63) is 63.9 Å². The zero-order chi connectivity index (χ0) is 22.0. The summed E-state index contributed by atoms with van der Waals surface area (Å²) in [4.78, 5) is 29.5. The van der Waals surface area contributed by atoms with Crippen molar-refractivity contribution in [2.75, 3.05) is 13.1 Å². The largest absolute Gasteiger partial charge is 0.353 e. The predicted octanol–water partition coefficient (Wildman–Crippen LogP) is 3.57. The summed E-state index contributed by atoms with van der Waals surface area (Å²) in [6, 6.07) is 1.63. The molecule has 11 heteroatoms. The van der Waals surface area contributed by atoms with Gasteiger partial charge in [0.2, 0.25) is 5.91 Å². The van der Waals surface area contributed by atoms with E-state index in [2.05, 4.69) is 15.6 Å². The summed E-state index contributed by atoms with van der Waals surface area (Å²) in [5, 5.41) is 4.41. The number of carbonyl (C=O) groups is 2. The molecule has 2 heterocycles. The first-order valence-corrected chi connectivity index (χ1v) is 9.30. The number of piperazine rings is 1. The fourth-order valence-corrected chi connectivity index (χ4v) is 3.26. The average Bonchev–Trinajstić information content (AvgIpc) is 2.73. The molecule has 3 rings (SSSR count). The lowest BCUT2D eigenvalue weighted by Gasteiger charge is -2.34. The third kappa shape index (κ3) is 4.33. The summed E-state index contributed by atoms with van der Waals surface area (Å²) in [5.41, 5.74) is -0.512. The van der Waals surface area contributed by atoms with E-state index in [0.717, 1.165) is 24.4 Å². The van der Waals surface area contributed by atoms with Crippen LogP contribution in [0.3, 0.4) is 0 Å². The first-order valence-electron chi connectivity index (χ1n) is 8.93. The highest BCUT2D eigenvalue weighted by Crippen LogP contribution is 2.31. The van der Waals surface area contributed by atoms with Crippen LogP contribution in [-0.2, 0) is 4.79 Å². The molecule has 1 aromatic carbocycles. The quantitative estimate of drug-likeness (QED) is 0.559. The molecule has 1 aliphatic heterocycles. The molecule has 0 radical (unpaired) electrons. The Morgan fingerprint density at radius 2 is 2.03 bits per heavy atom. The molecule has 3 amide bonds. The molecule has 1 aromatic heterocycles. The van der Waals surface area contributed by atoms with Gasteiger partial charge in [-0.2, -0.15) is 0 Å². The van der Waals surface area contributed by atoms with Crippen molar-refractivity contribution >= 4 is 23.5 Å². The number of pyridine rings is 1. The van der Waals surface area contributed by atoms with Crippen molar-refractivity contribution in [1.29, 1.82) is 0 Å². The first kappa shape index (κ1) is 21.8. The molecule has 1 aliphatic rings. The van der Waals surface area contributed by atoms with Crippen molar-refractivity contribution in [2.45, 2.75) is 25.4 Å². The third-order valence-corrected chi connectivity index (χ3v) is 5.12. The molecular weight excluding hydrogens is 428 g/mol. The van der Waals surface area contributed by atoms with Gasteiger partial charge in [0.1, 0.15) is 28.4 Å². The van der Waals surface area contributed by atoms with Crippen LogP contribution in [0.1, 0.15) is 36.2 Å². The number of alkyl halides is 2. The molecule has 2 N–H and O–H groups in total. The number of halogens is 5. The van der Waals surface area contributed by atoms with E-state index in [1.54, 1.807) is 0 Å². The molecule has 0 bridgehead atoms. The maximum Gasteiger partial charge on any atom is 0.318 e. The highest BCUT2D eigenvalue weighted by atomic mass is 35.5. The fourth-order valence-electron chi connectivity index (χ4n) is 3.09. The number of nitrogens with one attached hydrogen (secondary N) is 2. The monoisotopic (exact) mass is 444 g/mol. The maximum absolute atomic E-state index is 14.7. The van der Waals surface area contributed by atoms with Crippen LogP contribution in [0.15, 0.2) is 30.5 Å². The molecule has 0 aliphatic carbocycles. The van der Waals surface area contributed by atoms with E-state index in [9.17, 15) is 27.2 Å². The van der Waals surface area contributed by atoms with Crippen LogP contribution in [0.4, 0.5) is 22.4 Å². The van der Waals surface area contributed by atoms with E-state index in [4.69, 9.17) is 11.6 Å². The van der Waals surface area contributed by atoms with E-state index in [-0.39, 0.29) is 30.1 Å². The van der Waals surface area contributed by atoms with Crippen LogP contribution < -0.4 is 10.6 Å². The van der Waals surface area contributed by atoms with Crippen LogP contribution in [0.2, 0.25) is 5.02 Å². The predicted molar refractivity (Wildman–Crippen MR) is 100 cm³/mol. The zero-order valence-electron chi connectivity index (χ0n) is 15.6. The van der Waals surface area contributed by atoms with Crippen LogP contribution in [0, 0.1) is 11.6 Å². The molecule has 0 unspecified atom stereocenters. The summed E-state index contributed by atoms with van der Waals surface area (Å²) in [6.45, 7) is 1.97. The Kier molecular flexibility index (Phi) is 6.45. The molecule has 160 valence electrons. The molecule has 1 saturated heterocycles. The lowest BCUT2D eigenvalue weighted by molar-refractivity contribution is -0.126. The minimum absolute atomic E-state index is 0.170. The van der Waals surface area contributed by atoms with Gasteiger partial charge in [-0.25, -0.2) is 22.4 Å². The van der Waals surface area contributed by atoms with E-state index in [1.165, 1.54) is 17.9 Å². The Morgan fingerprint density at radius 1 is 1.30 bits per heavy atom. The van der Waals surface area contributed by atoms with Gasteiger partial charge < -0.3 is 15.5 Å². The van der Waals surface area contributed by atoms with Crippen molar-refractivity contribution in [1.82, 2.24) is 20.5 Å². The Morgan fingerprint density at radius 3 is 2.67 bits per heavy atom. The van der Waals surface area contributed by atoms with Gasteiger partial charge in [-0.1, -0.05) is 23.7 Å². The Labute approximate surface area is 174 Å². The van der Waals surface area contributed by atoms with Gasteiger partial charge in [0.05, 0.1) is 6.04 Å². The lowest BCUT2D eigenvalue weighted by atomic mass is 9.99. The number of benzene rings is 1. The van der Waals surface area contributed by atoms with E-state index >= 15 is 0 Å². The first-order chi connectivity index (χ1) is 14.2. The Bertz CT molecular complexity index is 958. The van der Waals surface area contributed by atoms with Gasteiger partial charge in [-0.15, -0.1) is 0 Å². The molecule has 0 spiro atoms. The second-order valence-corrected chi connectivity index (χ2v) is 7.00. The average molecular weight is 445 g/mol. The van der Waals surface area contributed by atoms with E-state index < -0.39 is 46.9 Å². The summed E-state index contributed by atoms with van der Waals surface area (Å²) >= 11 is 5.67. The highest BCUT2D eigenvalue weighted by molar-refractivity contribution is 6.31. The van der Waals surface area contributed by atoms with Crippen LogP contribution in [-0.4, -0.2) is 41.0 Å². The highest BCUT2D eigenvalue weighted by Gasteiger charge is 2.32. The summed E-state index contributed by atoms with van der Waals surface area (Å²) in [5.74, 6) is -2.45. The van der Waals surface area contributed by atoms with Crippen LogP contribution in [0.25, 0.3) is 0 Å². The number of rotatable bonds is 4. The van der Waals surface area contributed by atoms with E-state index in [1.807, 2.05) is 0 Å². The van der Waals surface area contributed by atoms with Gasteiger partial charge >= 0.3 is 6.03 Å². The van der Waals surface area contributed by atoms with Gasteiger partial charge in [0, 0.05) is 24.8 Å². The topological polar surface area (TPSA) is 74.3 Å². The molecule has 1 fully saturated rings. The van der Waals surface area contributed by atoms with Crippen molar-refractivity contribution in [2.24, 2.45) is 0 Å². The minimum Gasteiger partial charge on any atom is -0.353 e. The number of aromatic nitrogens is 1. The number of nitrogens with zero attached hydrogens (tertiary/aromatic N) is 2. The lowest BCUT2D eigenvalue weighted by Crippen LogP contribution is -2.58. The van der Waals surface area contributed by atoms with Gasteiger partial charge in [-0.05, 0) is 24.6 Å². The molecular formula is C19H17ClF4N4O2. The number of carbonyl (C=O) groups excluding carboxylic acids is 2. The Hall–Kier alpha value is -2.88. The number of hydrogen-bond acceptors (Lipinski definition) is 3. The Balaban J connectivity index is 1.98. The number of amides is 3. The van der Waals surface area contributed by atoms with E-state index in [0.29, 0.717) is 0 Å². The molecule has 30 heavy (non-hydrogen) atoms. The smallest absolute Gasteiger partial charge is 0.318 e. The summed E-state index contributed by atoms with van der Waals surface area (Å²) in [6.07, 6.45) is -1.74. The van der Waals surface area contributed by atoms with Gasteiger partial charge in [-0.3, -0.25) is 9.78 Å². The van der Waals surface area contributed by atoms with Crippen LogP contribution in [0.5, 0.6) is 0 Å². The summed E-state index contributed by atoms with van der Waals surface area (Å²) < 4.78 is 53.9. The normalized spacial score (nSPS) is 17.6. The summed E-state index contributed by atoms with van der Waals surface area (Å²) in [7, 11) is 0. The number of urea groups is 1. The molecule has 0 saturated carbocycles. The number of hydrogen-bond donors (Lipinski definition) is 2. The van der Waals surface area contributed by atoms with Crippen molar-refractivity contribution in [3.8, 4) is 0 Å². The second-order valence-electron chi connectivity index (χ2n) is 6.62. The van der Waals surface area contributed by atoms with Crippen molar-refractivity contribution in [3.63, 3.8) is 0 Å². The molecule has 2 aromatic rings. The second kappa shape index (κ2) is 8.86. The standard InChI is InChI=1S/C19H17ClF4N4O2/c1-9-18(29)25-6-7-28(9)19(30)27-16(10-2-5-13(17(23)24)26-8-10)11-3-4-12(21)14(20)15(11)22/h2-5,8-9,16-17H,6-7H2,1H3,(H,25,29)(H,27,30)/t9-,16+/m1/s1. The fraction of sp³-hybridized carbons (Fsp3) is 0.316. The zero-order valence-corrected chi connectivity index (χ0v) is 16.4. The molecule has 2 atom stereocenters. The molecule has 6 nitrogen and oxygen atoms in total. The van der Waals surface area contributed by atoms with Crippen LogP contribution >= 0.6 is 11.6 Å². The van der Waals surface area contributed by atoms with Gasteiger partial charge in [0.15, 0.2) is 0 Å². The van der Waals surface area contributed by atoms with Crippen molar-refractivity contribution < 1.29 is 27.2 Å². The van der Waals surface area contributed by atoms with Gasteiger partial charge in [0.25, 0.3) is 6.43 Å². The minimum atomic E-state index is -2.81.